The molecular formula is C16H17ClN4O2. The van der Waals surface area contributed by atoms with E-state index >= 15 is 0 Å². The molecule has 7 heteroatoms. The molecule has 0 saturated heterocycles. The highest BCUT2D eigenvalue weighted by atomic mass is 35.5. The number of hydrogen-bond acceptors (Lipinski definition) is 6. The highest BCUT2D eigenvalue weighted by molar-refractivity contribution is 6.30. The summed E-state index contributed by atoms with van der Waals surface area (Å²) in [5.41, 5.74) is 7.61. The van der Waals surface area contributed by atoms with Gasteiger partial charge in [-0.25, -0.2) is 0 Å². The normalized spacial score (nSPS) is 12.7. The molecule has 0 aliphatic rings. The van der Waals surface area contributed by atoms with Crippen LogP contribution in [0, 0.1) is 5.92 Å². The Morgan fingerprint density at radius 2 is 1.87 bits per heavy atom. The van der Waals surface area contributed by atoms with Gasteiger partial charge in [-0.3, -0.25) is 0 Å². The summed E-state index contributed by atoms with van der Waals surface area (Å²) in [6.45, 7) is 4.19. The lowest BCUT2D eigenvalue weighted by atomic mass is 10.0. The molecule has 23 heavy (non-hydrogen) atoms. The number of benzene rings is 1. The van der Waals surface area contributed by atoms with Crippen LogP contribution in [0.25, 0.3) is 22.9 Å². The van der Waals surface area contributed by atoms with Crippen molar-refractivity contribution in [1.82, 2.24) is 15.3 Å². The molecular weight excluding hydrogens is 316 g/mol. The van der Waals surface area contributed by atoms with Gasteiger partial charge in [0.15, 0.2) is 5.82 Å². The van der Waals surface area contributed by atoms with Crippen molar-refractivity contribution >= 4 is 11.6 Å². The first kappa shape index (κ1) is 15.7. The average Bonchev–Trinajstić information content (AvgIpc) is 3.16. The van der Waals surface area contributed by atoms with E-state index in [2.05, 4.69) is 29.1 Å². The lowest BCUT2D eigenvalue weighted by molar-refractivity contribution is 0.377. The highest BCUT2D eigenvalue weighted by Crippen LogP contribution is 2.27. The maximum absolute atomic E-state index is 6.05. The van der Waals surface area contributed by atoms with E-state index in [1.807, 2.05) is 12.1 Å². The third-order valence-electron chi connectivity index (χ3n) is 3.36. The van der Waals surface area contributed by atoms with E-state index in [-0.39, 0.29) is 11.9 Å². The second kappa shape index (κ2) is 6.52. The SMILES string of the molecule is CC(C)CC(N)c1noc(-c2cc(-c3ccc(Cl)cc3)no2)n1. The van der Waals surface area contributed by atoms with Gasteiger partial charge in [-0.2, -0.15) is 4.98 Å². The van der Waals surface area contributed by atoms with Crippen molar-refractivity contribution in [3.8, 4) is 22.9 Å². The molecule has 0 fully saturated rings. The Morgan fingerprint density at radius 3 is 2.57 bits per heavy atom. The third kappa shape index (κ3) is 3.60. The van der Waals surface area contributed by atoms with Crippen LogP contribution in [-0.2, 0) is 0 Å². The molecule has 1 aromatic carbocycles. The van der Waals surface area contributed by atoms with Crippen LogP contribution in [0.1, 0.15) is 32.1 Å². The molecule has 2 aromatic heterocycles. The Morgan fingerprint density at radius 1 is 1.13 bits per heavy atom. The van der Waals surface area contributed by atoms with Crippen molar-refractivity contribution in [3.63, 3.8) is 0 Å². The first-order chi connectivity index (χ1) is 11.0. The molecule has 0 spiro atoms. The number of nitrogens with two attached hydrogens (primary N) is 1. The first-order valence-corrected chi connectivity index (χ1v) is 7.73. The van der Waals surface area contributed by atoms with Gasteiger partial charge in [-0.15, -0.1) is 0 Å². The molecule has 2 N–H and O–H groups in total. The molecule has 3 rings (SSSR count). The molecule has 0 bridgehead atoms. The van der Waals surface area contributed by atoms with E-state index in [4.69, 9.17) is 26.4 Å². The predicted molar refractivity (Wildman–Crippen MR) is 86.6 cm³/mol. The molecule has 2 heterocycles. The van der Waals surface area contributed by atoms with Crippen LogP contribution >= 0.6 is 11.6 Å². The van der Waals surface area contributed by atoms with Gasteiger partial charge in [0.1, 0.15) is 5.69 Å². The van der Waals surface area contributed by atoms with Gasteiger partial charge in [0.25, 0.3) is 5.89 Å². The van der Waals surface area contributed by atoms with Crippen LogP contribution in [-0.4, -0.2) is 15.3 Å². The fraction of sp³-hybridized carbons (Fsp3) is 0.312. The second-order valence-electron chi connectivity index (χ2n) is 5.78. The maximum Gasteiger partial charge on any atom is 0.296 e. The lowest BCUT2D eigenvalue weighted by Crippen LogP contribution is -2.14. The van der Waals surface area contributed by atoms with Crippen LogP contribution in [0.15, 0.2) is 39.4 Å². The Labute approximate surface area is 138 Å². The van der Waals surface area contributed by atoms with Gasteiger partial charge in [0, 0.05) is 16.7 Å². The minimum absolute atomic E-state index is 0.258. The number of hydrogen-bond donors (Lipinski definition) is 1. The summed E-state index contributed by atoms with van der Waals surface area (Å²) < 4.78 is 10.5. The van der Waals surface area contributed by atoms with E-state index in [9.17, 15) is 0 Å². The predicted octanol–water partition coefficient (Wildman–Crippen LogP) is 4.09. The Kier molecular flexibility index (Phi) is 4.45. The first-order valence-electron chi connectivity index (χ1n) is 7.35. The van der Waals surface area contributed by atoms with Crippen molar-refractivity contribution in [2.75, 3.05) is 0 Å². The monoisotopic (exact) mass is 332 g/mol. The maximum atomic E-state index is 6.05. The molecule has 6 nitrogen and oxygen atoms in total. The zero-order chi connectivity index (χ0) is 16.4. The van der Waals surface area contributed by atoms with Gasteiger partial charge in [-0.05, 0) is 24.5 Å². The molecule has 0 amide bonds. The summed E-state index contributed by atoms with van der Waals surface area (Å²) in [4.78, 5) is 4.30. The Bertz CT molecular complexity index is 779. The summed E-state index contributed by atoms with van der Waals surface area (Å²) in [7, 11) is 0. The average molecular weight is 333 g/mol. The molecule has 0 saturated carbocycles. The highest BCUT2D eigenvalue weighted by Gasteiger charge is 2.19. The topological polar surface area (TPSA) is 91.0 Å². The Hall–Kier alpha value is -2.18. The number of aromatic nitrogens is 3. The number of nitrogens with zero attached hydrogens (tertiary/aromatic N) is 3. The lowest BCUT2D eigenvalue weighted by Gasteiger charge is -2.08. The van der Waals surface area contributed by atoms with E-state index in [0.717, 1.165) is 12.0 Å². The standard InChI is InChI=1S/C16H17ClN4O2/c1-9(2)7-12(18)15-19-16(23-21-15)14-8-13(20-22-14)10-3-5-11(17)6-4-10/h3-6,8-9,12H,7,18H2,1-2H3. The Balaban J connectivity index is 1.81. The van der Waals surface area contributed by atoms with Gasteiger partial charge in [0.05, 0.1) is 6.04 Å². The fourth-order valence-corrected chi connectivity index (χ4v) is 2.36. The summed E-state index contributed by atoms with van der Waals surface area (Å²) in [6, 6.07) is 8.80. The van der Waals surface area contributed by atoms with Crippen LogP contribution in [0.5, 0.6) is 0 Å². The van der Waals surface area contributed by atoms with Crippen LogP contribution in [0.4, 0.5) is 0 Å². The summed E-state index contributed by atoms with van der Waals surface area (Å²) in [5, 5.41) is 8.61. The van der Waals surface area contributed by atoms with Crippen LogP contribution in [0.2, 0.25) is 5.02 Å². The minimum atomic E-state index is -0.258. The van der Waals surface area contributed by atoms with Crippen LogP contribution in [0.3, 0.4) is 0 Å². The van der Waals surface area contributed by atoms with Crippen molar-refractivity contribution in [2.45, 2.75) is 26.3 Å². The zero-order valence-corrected chi connectivity index (χ0v) is 13.6. The van der Waals surface area contributed by atoms with E-state index < -0.39 is 0 Å². The fourth-order valence-electron chi connectivity index (χ4n) is 2.23. The molecule has 0 radical (unpaired) electrons. The molecule has 1 atom stereocenters. The van der Waals surface area contributed by atoms with Crippen molar-refractivity contribution in [2.24, 2.45) is 11.7 Å². The van der Waals surface area contributed by atoms with Crippen molar-refractivity contribution in [3.05, 3.63) is 41.2 Å². The van der Waals surface area contributed by atoms with Crippen molar-refractivity contribution in [1.29, 1.82) is 0 Å². The van der Waals surface area contributed by atoms with Crippen molar-refractivity contribution < 1.29 is 9.05 Å². The third-order valence-corrected chi connectivity index (χ3v) is 3.61. The van der Waals surface area contributed by atoms with Gasteiger partial charge >= 0.3 is 0 Å². The molecule has 3 aromatic rings. The molecule has 0 aliphatic carbocycles. The molecule has 1 unspecified atom stereocenters. The van der Waals surface area contributed by atoms with E-state index in [1.165, 1.54) is 0 Å². The van der Waals surface area contributed by atoms with Gasteiger partial charge in [-0.1, -0.05) is 47.9 Å². The quantitative estimate of drug-likeness (QED) is 0.756. The van der Waals surface area contributed by atoms with Gasteiger partial charge in [0.2, 0.25) is 5.76 Å². The molecule has 0 aliphatic heterocycles. The summed E-state index contributed by atoms with van der Waals surface area (Å²) >= 11 is 5.88. The number of halogens is 1. The van der Waals surface area contributed by atoms with Gasteiger partial charge < -0.3 is 14.8 Å². The smallest absolute Gasteiger partial charge is 0.296 e. The second-order valence-corrected chi connectivity index (χ2v) is 6.21. The van der Waals surface area contributed by atoms with E-state index in [1.54, 1.807) is 18.2 Å². The molecule has 120 valence electrons. The van der Waals surface area contributed by atoms with Crippen LogP contribution < -0.4 is 5.73 Å². The number of rotatable bonds is 5. The summed E-state index contributed by atoms with van der Waals surface area (Å²) in [6.07, 6.45) is 0.783. The zero-order valence-electron chi connectivity index (χ0n) is 12.9. The minimum Gasteiger partial charge on any atom is -0.350 e. The largest absolute Gasteiger partial charge is 0.350 e. The summed E-state index contributed by atoms with van der Waals surface area (Å²) in [5.74, 6) is 1.60. The van der Waals surface area contributed by atoms with E-state index in [0.29, 0.717) is 28.2 Å².